The summed E-state index contributed by atoms with van der Waals surface area (Å²) >= 11 is 0. The Balaban J connectivity index is 1.47. The maximum absolute atomic E-state index is 12.6. The molecule has 3 aromatic rings. The number of carbonyl (C=O) groups is 1. The minimum Gasteiger partial charge on any atom is -0.488 e. The molecule has 0 aromatic carbocycles. The summed E-state index contributed by atoms with van der Waals surface area (Å²) in [6, 6.07) is 5.25. The van der Waals surface area contributed by atoms with Gasteiger partial charge in [-0.25, -0.2) is 15.0 Å². The van der Waals surface area contributed by atoms with E-state index >= 15 is 0 Å². The molecule has 0 aliphatic carbocycles. The van der Waals surface area contributed by atoms with Crippen molar-refractivity contribution in [1.82, 2.24) is 25.3 Å². The van der Waals surface area contributed by atoms with E-state index < -0.39 is 16.1 Å². The average molecular weight is 472 g/mol. The smallest absolute Gasteiger partial charge is 0.262 e. The number of hydrogen-bond acceptors (Lipinski definition) is 9. The number of nitrogens with one attached hydrogen (secondary N) is 1. The predicted molar refractivity (Wildman–Crippen MR) is 124 cm³/mol. The predicted octanol–water partition coefficient (Wildman–Crippen LogP) is 3.77. The van der Waals surface area contributed by atoms with Crippen LogP contribution in [0.5, 0.6) is 17.4 Å². The van der Waals surface area contributed by atoms with E-state index in [9.17, 15) is 13.9 Å². The van der Waals surface area contributed by atoms with Crippen molar-refractivity contribution in [3.8, 4) is 28.8 Å². The van der Waals surface area contributed by atoms with Gasteiger partial charge in [-0.3, -0.25) is 18.9 Å². The largest absolute Gasteiger partial charge is 0.488 e. The highest BCUT2D eigenvalue weighted by Crippen LogP contribution is 2.49. The van der Waals surface area contributed by atoms with Gasteiger partial charge in [0.2, 0.25) is 0 Å². The van der Waals surface area contributed by atoms with E-state index in [4.69, 9.17) is 9.47 Å². The second kappa shape index (κ2) is 9.30. The van der Waals surface area contributed by atoms with Crippen molar-refractivity contribution < 1.29 is 23.4 Å². The van der Waals surface area contributed by atoms with Gasteiger partial charge in [0.25, 0.3) is 11.8 Å². The molecular formula is C22H25N5O5S. The maximum Gasteiger partial charge on any atom is 0.262 e. The van der Waals surface area contributed by atoms with Crippen LogP contribution in [0.2, 0.25) is 0 Å². The van der Waals surface area contributed by atoms with Gasteiger partial charge in [-0.15, -0.1) is 0 Å². The molecule has 1 unspecified atom stereocenters. The molecule has 1 amide bonds. The molecule has 1 saturated heterocycles. The molecule has 1 aliphatic heterocycles. The van der Waals surface area contributed by atoms with Gasteiger partial charge in [-0.2, -0.15) is 10.6 Å². The van der Waals surface area contributed by atoms with Gasteiger partial charge in [0.1, 0.15) is 5.75 Å². The van der Waals surface area contributed by atoms with Crippen molar-refractivity contribution in [2.24, 2.45) is 0 Å². The van der Waals surface area contributed by atoms with E-state index in [1.165, 1.54) is 12.4 Å². The summed E-state index contributed by atoms with van der Waals surface area (Å²) in [5.41, 5.74) is 0.208. The molecule has 3 N–H and O–H groups in total. The number of hydrogen-bond donors (Lipinski definition) is 3. The lowest BCUT2D eigenvalue weighted by Crippen LogP contribution is -2.46. The van der Waals surface area contributed by atoms with Gasteiger partial charge in [0.05, 0.1) is 29.7 Å². The zero-order chi connectivity index (χ0) is 23.5. The van der Waals surface area contributed by atoms with E-state index in [0.29, 0.717) is 41.8 Å². The van der Waals surface area contributed by atoms with Gasteiger partial charge >= 0.3 is 0 Å². The topological polar surface area (TPSA) is 140 Å². The molecule has 11 heteroatoms. The fraction of sp³-hybridized carbons (Fsp3) is 0.318. The highest BCUT2D eigenvalue weighted by atomic mass is 32.3. The molecule has 3 aromatic heterocycles. The summed E-state index contributed by atoms with van der Waals surface area (Å²) in [7, 11) is -2.63. The molecule has 0 bridgehead atoms. The third-order valence-electron chi connectivity index (χ3n) is 5.08. The molecule has 174 valence electrons. The quantitative estimate of drug-likeness (QED) is 0.470. The van der Waals surface area contributed by atoms with Crippen LogP contribution >= 0.6 is 10.6 Å². The number of nitrogens with zero attached hydrogens (tertiary/aromatic N) is 4. The normalized spacial score (nSPS) is 20.1. The Hall–Kier alpha value is -3.28. The summed E-state index contributed by atoms with van der Waals surface area (Å²) in [6.45, 7) is 4.16. The molecule has 0 saturated carbocycles. The molecule has 33 heavy (non-hydrogen) atoms. The standard InChI is InChI=1S/C22H25N5O5S/c1-3-31-18-5-4-7-24-21(18)32-17-9-15(10-23-13-17)19-25-11-16(12-26-19)20(28)27-22(2)6-8-33(29,30)14-22/h4-5,7,9-13,29-30H,3,6,8,14H2,1-2H3,(H,27,28). The number of pyridine rings is 2. The highest BCUT2D eigenvalue weighted by Gasteiger charge is 2.39. The van der Waals surface area contributed by atoms with E-state index in [2.05, 4.69) is 25.3 Å². The molecule has 0 radical (unpaired) electrons. The second-order valence-electron chi connectivity index (χ2n) is 7.96. The summed E-state index contributed by atoms with van der Waals surface area (Å²) in [5.74, 6) is 1.72. The first-order valence-corrected chi connectivity index (χ1v) is 12.2. The number of ether oxygens (including phenoxy) is 2. The van der Waals surface area contributed by atoms with Crippen LogP contribution in [0.1, 0.15) is 30.6 Å². The zero-order valence-corrected chi connectivity index (χ0v) is 19.1. The zero-order valence-electron chi connectivity index (χ0n) is 18.3. The van der Waals surface area contributed by atoms with Crippen molar-refractivity contribution in [3.05, 3.63) is 54.7 Å². The molecule has 1 fully saturated rings. The van der Waals surface area contributed by atoms with E-state index in [-0.39, 0.29) is 23.0 Å². The summed E-state index contributed by atoms with van der Waals surface area (Å²) in [4.78, 5) is 29.6. The van der Waals surface area contributed by atoms with Gasteiger partial charge in [0, 0.05) is 36.1 Å². The molecule has 10 nitrogen and oxygen atoms in total. The first-order chi connectivity index (χ1) is 15.8. The molecule has 4 rings (SSSR count). The van der Waals surface area contributed by atoms with Crippen molar-refractivity contribution in [2.45, 2.75) is 25.8 Å². The molecule has 1 atom stereocenters. The van der Waals surface area contributed by atoms with E-state index in [1.54, 1.807) is 43.7 Å². The maximum atomic E-state index is 12.6. The number of carbonyl (C=O) groups excluding carboxylic acids is 1. The highest BCUT2D eigenvalue weighted by molar-refractivity contribution is 8.24. The third kappa shape index (κ3) is 5.56. The van der Waals surface area contributed by atoms with Gasteiger partial charge in [0.15, 0.2) is 11.6 Å². The van der Waals surface area contributed by atoms with Gasteiger partial charge in [-0.1, -0.05) is 0 Å². The van der Waals surface area contributed by atoms with E-state index in [1.807, 2.05) is 6.92 Å². The minimum atomic E-state index is -2.63. The van der Waals surface area contributed by atoms with Gasteiger partial charge < -0.3 is 14.8 Å². The second-order valence-corrected chi connectivity index (χ2v) is 10.3. The molecule has 4 heterocycles. The average Bonchev–Trinajstić information content (AvgIpc) is 3.08. The van der Waals surface area contributed by atoms with Gasteiger partial charge in [-0.05, 0) is 38.5 Å². The van der Waals surface area contributed by atoms with Crippen LogP contribution in [0, 0.1) is 0 Å². The number of aromatic nitrogens is 4. The van der Waals surface area contributed by atoms with Crippen LogP contribution in [-0.2, 0) is 0 Å². The number of rotatable bonds is 7. The van der Waals surface area contributed by atoms with Crippen molar-refractivity contribution in [1.29, 1.82) is 0 Å². The van der Waals surface area contributed by atoms with Crippen LogP contribution < -0.4 is 14.8 Å². The first kappa shape index (κ1) is 22.9. The van der Waals surface area contributed by atoms with Crippen LogP contribution in [0.25, 0.3) is 11.4 Å². The lowest BCUT2D eigenvalue weighted by molar-refractivity contribution is 0.0914. The van der Waals surface area contributed by atoms with Crippen molar-refractivity contribution in [2.75, 3.05) is 18.1 Å². The summed E-state index contributed by atoms with van der Waals surface area (Å²) in [6.07, 6.45) is 8.09. The molecular weight excluding hydrogens is 446 g/mol. The SMILES string of the molecule is CCOc1cccnc1Oc1cncc(-c2ncc(C(=O)NC3(C)CCS(O)(O)C3)cn2)c1. The minimum absolute atomic E-state index is 0.143. The third-order valence-corrected chi connectivity index (χ3v) is 7.04. The Labute approximate surface area is 192 Å². The lowest BCUT2D eigenvalue weighted by Gasteiger charge is -2.30. The summed E-state index contributed by atoms with van der Waals surface area (Å²) in [5, 5.41) is 2.87. The monoisotopic (exact) mass is 471 g/mol. The fourth-order valence-electron chi connectivity index (χ4n) is 3.51. The Bertz CT molecular complexity index is 1140. The Kier molecular flexibility index (Phi) is 6.45. The molecule has 0 spiro atoms. The number of amides is 1. The van der Waals surface area contributed by atoms with Crippen LogP contribution in [0.15, 0.2) is 49.2 Å². The first-order valence-electron chi connectivity index (χ1n) is 10.4. The van der Waals surface area contributed by atoms with Crippen LogP contribution in [0.3, 0.4) is 0 Å². The Morgan fingerprint density at radius 2 is 2.00 bits per heavy atom. The molecule has 1 aliphatic rings. The van der Waals surface area contributed by atoms with Crippen molar-refractivity contribution in [3.63, 3.8) is 0 Å². The van der Waals surface area contributed by atoms with E-state index in [0.717, 1.165) is 0 Å². The van der Waals surface area contributed by atoms with Crippen LogP contribution in [-0.4, -0.2) is 58.6 Å². The van der Waals surface area contributed by atoms with Crippen LogP contribution in [0.4, 0.5) is 0 Å². The Morgan fingerprint density at radius 1 is 1.21 bits per heavy atom. The Morgan fingerprint density at radius 3 is 2.70 bits per heavy atom. The fourth-order valence-corrected chi connectivity index (χ4v) is 5.67. The lowest BCUT2D eigenvalue weighted by atomic mass is 10.0. The van der Waals surface area contributed by atoms with Crippen molar-refractivity contribution >= 4 is 16.5 Å². The summed E-state index contributed by atoms with van der Waals surface area (Å²) < 4.78 is 31.1.